The molecule has 0 bridgehead atoms. The molecule has 0 saturated heterocycles. The van der Waals surface area contributed by atoms with Gasteiger partial charge in [0.15, 0.2) is 0 Å². The molecule has 42 heavy (non-hydrogen) atoms. The Balaban J connectivity index is 1.14. The fourth-order valence-corrected chi connectivity index (χ4v) is 6.16. The van der Waals surface area contributed by atoms with Crippen molar-refractivity contribution in [3.63, 3.8) is 0 Å². The van der Waals surface area contributed by atoms with Crippen molar-refractivity contribution in [2.24, 2.45) is 5.92 Å². The quantitative estimate of drug-likeness (QED) is 0.193. The Morgan fingerprint density at radius 1 is 0.929 bits per heavy atom. The van der Waals surface area contributed by atoms with Crippen molar-refractivity contribution in [1.82, 2.24) is 9.88 Å². The third-order valence-corrected chi connectivity index (χ3v) is 8.20. The van der Waals surface area contributed by atoms with E-state index in [-0.39, 0.29) is 5.91 Å². The van der Waals surface area contributed by atoms with Crippen LogP contribution in [-0.4, -0.2) is 43.0 Å². The van der Waals surface area contributed by atoms with E-state index in [1.807, 2.05) is 17.0 Å². The summed E-state index contributed by atoms with van der Waals surface area (Å²) in [4.78, 5) is 21.3. The molecule has 0 spiro atoms. The van der Waals surface area contributed by atoms with Crippen molar-refractivity contribution < 1.29 is 9.53 Å². The van der Waals surface area contributed by atoms with Gasteiger partial charge in [-0.05, 0) is 79.2 Å². The monoisotopic (exact) mass is 557 g/mol. The highest BCUT2D eigenvalue weighted by atomic mass is 16.5. The maximum atomic E-state index is 13.7. The number of aromatic nitrogens is 1. The third-order valence-electron chi connectivity index (χ3n) is 8.20. The minimum atomic E-state index is 0.188. The molecule has 5 nitrogen and oxygen atoms in total. The number of aryl methyl sites for hydroxylation is 1. The fraction of sp³-hybridized carbons (Fsp3) is 0.270. The van der Waals surface area contributed by atoms with Gasteiger partial charge in [0.1, 0.15) is 12.4 Å². The van der Waals surface area contributed by atoms with Crippen LogP contribution in [0.15, 0.2) is 103 Å². The molecular formula is C37H39N3O2. The molecule has 1 amide bonds. The maximum Gasteiger partial charge on any atom is 0.227 e. The van der Waals surface area contributed by atoms with E-state index in [2.05, 4.69) is 115 Å². The van der Waals surface area contributed by atoms with Crippen LogP contribution < -0.4 is 9.64 Å². The van der Waals surface area contributed by atoms with Crippen molar-refractivity contribution >= 4 is 22.5 Å². The van der Waals surface area contributed by atoms with Gasteiger partial charge in [-0.1, -0.05) is 78.9 Å². The van der Waals surface area contributed by atoms with Crippen LogP contribution in [0.25, 0.3) is 22.0 Å². The topological polar surface area (TPSA) is 48.6 Å². The molecule has 2 heterocycles. The number of ether oxygens (including phenoxy) is 1. The highest BCUT2D eigenvalue weighted by Gasteiger charge is 2.29. The van der Waals surface area contributed by atoms with E-state index in [4.69, 9.17) is 4.74 Å². The standard InChI is InChI=1S/C37H39N3O2/c1-39(2)24-28-21-31-19-20-33(42-26-27-15-17-30(18-16-27)29-9-4-3-5-10-29)22-36(31)40(25-28)37(41)14-8-11-32-23-38-35-13-7-6-12-34(32)35/h3-7,9-10,12-13,15-20,22-23,28,38H,8,11,14,21,24-26H2,1-2H3. The first-order valence-corrected chi connectivity index (χ1v) is 14.9. The summed E-state index contributed by atoms with van der Waals surface area (Å²) < 4.78 is 6.24. The number of hydrogen-bond acceptors (Lipinski definition) is 3. The number of rotatable bonds is 10. The van der Waals surface area contributed by atoms with Gasteiger partial charge in [0, 0.05) is 42.7 Å². The lowest BCUT2D eigenvalue weighted by Crippen LogP contribution is -2.43. The van der Waals surface area contributed by atoms with Crippen molar-refractivity contribution in [3.8, 4) is 16.9 Å². The summed E-state index contributed by atoms with van der Waals surface area (Å²) in [6.07, 6.45) is 5.27. The average molecular weight is 558 g/mol. The number of para-hydroxylation sites is 1. The number of hydrogen-bond donors (Lipinski definition) is 1. The molecule has 5 aromatic rings. The molecule has 5 heteroatoms. The summed E-state index contributed by atoms with van der Waals surface area (Å²) in [6.45, 7) is 2.17. The molecule has 1 unspecified atom stereocenters. The fourth-order valence-electron chi connectivity index (χ4n) is 6.16. The first-order chi connectivity index (χ1) is 20.5. The van der Waals surface area contributed by atoms with Gasteiger partial charge in [-0.3, -0.25) is 4.79 Å². The van der Waals surface area contributed by atoms with Crippen molar-refractivity contribution in [1.29, 1.82) is 0 Å². The molecule has 214 valence electrons. The molecule has 1 aliphatic rings. The Kier molecular flexibility index (Phi) is 8.38. The largest absolute Gasteiger partial charge is 0.489 e. The zero-order valence-corrected chi connectivity index (χ0v) is 24.6. The molecule has 1 aromatic heterocycles. The van der Waals surface area contributed by atoms with Gasteiger partial charge >= 0.3 is 0 Å². The van der Waals surface area contributed by atoms with E-state index >= 15 is 0 Å². The maximum absolute atomic E-state index is 13.7. The van der Waals surface area contributed by atoms with Crippen molar-refractivity contribution in [2.75, 3.05) is 32.1 Å². The van der Waals surface area contributed by atoms with Crippen LogP contribution in [0.5, 0.6) is 5.75 Å². The van der Waals surface area contributed by atoms with Crippen molar-refractivity contribution in [3.05, 3.63) is 120 Å². The molecule has 1 aliphatic heterocycles. The van der Waals surface area contributed by atoms with Crippen LogP contribution in [-0.2, 0) is 24.2 Å². The van der Waals surface area contributed by atoms with Gasteiger partial charge in [-0.25, -0.2) is 0 Å². The summed E-state index contributed by atoms with van der Waals surface area (Å²) in [5.41, 5.74) is 8.16. The predicted octanol–water partition coefficient (Wildman–Crippen LogP) is 7.50. The first-order valence-electron chi connectivity index (χ1n) is 14.9. The Morgan fingerprint density at radius 2 is 1.69 bits per heavy atom. The predicted molar refractivity (Wildman–Crippen MR) is 172 cm³/mol. The highest BCUT2D eigenvalue weighted by Crippen LogP contribution is 2.34. The number of nitrogens with one attached hydrogen (secondary N) is 1. The second-order valence-electron chi connectivity index (χ2n) is 11.7. The lowest BCUT2D eigenvalue weighted by Gasteiger charge is -2.36. The Bertz CT molecular complexity index is 1640. The lowest BCUT2D eigenvalue weighted by atomic mass is 9.91. The van der Waals surface area contributed by atoms with Crippen LogP contribution in [0.3, 0.4) is 0 Å². The van der Waals surface area contributed by atoms with Gasteiger partial charge in [0.2, 0.25) is 5.91 Å². The van der Waals surface area contributed by atoms with Crippen LogP contribution in [0.4, 0.5) is 5.69 Å². The van der Waals surface area contributed by atoms with Crippen LogP contribution in [0.2, 0.25) is 0 Å². The number of fused-ring (bicyclic) bond motifs is 2. The Labute approximate surface area is 248 Å². The number of benzene rings is 4. The molecule has 4 aromatic carbocycles. The summed E-state index contributed by atoms with van der Waals surface area (Å²) in [7, 11) is 4.21. The number of carbonyl (C=O) groups is 1. The van der Waals surface area contributed by atoms with E-state index in [1.165, 1.54) is 27.6 Å². The number of H-pyrrole nitrogens is 1. The number of aromatic amines is 1. The van der Waals surface area contributed by atoms with Gasteiger partial charge in [0.05, 0.1) is 5.69 Å². The smallest absolute Gasteiger partial charge is 0.227 e. The zero-order valence-electron chi connectivity index (χ0n) is 24.6. The van der Waals surface area contributed by atoms with Crippen LogP contribution in [0.1, 0.15) is 29.5 Å². The van der Waals surface area contributed by atoms with Crippen LogP contribution >= 0.6 is 0 Å². The number of amides is 1. The molecule has 0 radical (unpaired) electrons. The Morgan fingerprint density at radius 3 is 2.50 bits per heavy atom. The SMILES string of the molecule is CN(C)CC1Cc2ccc(OCc3ccc(-c4ccccc4)cc3)cc2N(C(=O)CCCc2c[nH]c3ccccc23)C1. The number of anilines is 1. The van der Waals surface area contributed by atoms with Gasteiger partial charge < -0.3 is 19.5 Å². The van der Waals surface area contributed by atoms with Crippen LogP contribution in [0, 0.1) is 5.92 Å². The summed E-state index contributed by atoms with van der Waals surface area (Å²) >= 11 is 0. The number of carbonyl (C=O) groups excluding carboxylic acids is 1. The Hall–Kier alpha value is -4.35. The molecule has 0 aliphatic carbocycles. The summed E-state index contributed by atoms with van der Waals surface area (Å²) in [5, 5.41) is 1.25. The van der Waals surface area contributed by atoms with E-state index < -0.39 is 0 Å². The van der Waals surface area contributed by atoms with Gasteiger partial charge in [-0.15, -0.1) is 0 Å². The van der Waals surface area contributed by atoms with E-state index in [1.54, 1.807) is 0 Å². The van der Waals surface area contributed by atoms with E-state index in [0.717, 1.165) is 54.9 Å². The average Bonchev–Trinajstić information content (AvgIpc) is 3.43. The van der Waals surface area contributed by atoms with E-state index in [9.17, 15) is 4.79 Å². The molecule has 0 saturated carbocycles. The highest BCUT2D eigenvalue weighted by molar-refractivity contribution is 5.95. The van der Waals surface area contributed by atoms with Gasteiger partial charge in [-0.2, -0.15) is 0 Å². The minimum Gasteiger partial charge on any atom is -0.489 e. The molecule has 1 N–H and O–H groups in total. The normalized spacial score (nSPS) is 14.7. The second-order valence-corrected chi connectivity index (χ2v) is 11.7. The molecule has 0 fully saturated rings. The molecular weight excluding hydrogens is 518 g/mol. The lowest BCUT2D eigenvalue weighted by molar-refractivity contribution is -0.119. The molecule has 1 atom stereocenters. The first kappa shape index (κ1) is 27.8. The molecule has 6 rings (SSSR count). The minimum absolute atomic E-state index is 0.188. The number of nitrogens with zero attached hydrogens (tertiary/aromatic N) is 2. The summed E-state index contributed by atoms with van der Waals surface area (Å²) in [5.74, 6) is 1.39. The third kappa shape index (κ3) is 6.42. The van der Waals surface area contributed by atoms with E-state index in [0.29, 0.717) is 18.9 Å². The van der Waals surface area contributed by atoms with Crippen molar-refractivity contribution in [2.45, 2.75) is 32.3 Å². The van der Waals surface area contributed by atoms with Gasteiger partial charge in [0.25, 0.3) is 0 Å². The summed E-state index contributed by atoms with van der Waals surface area (Å²) in [6, 6.07) is 33.5. The zero-order chi connectivity index (χ0) is 28.9. The second kappa shape index (κ2) is 12.7.